The number of tetrazole rings is 3. The lowest BCUT2D eigenvalue weighted by Crippen LogP contribution is -2.00. The van der Waals surface area contributed by atoms with E-state index in [9.17, 15) is 0 Å². The highest BCUT2D eigenvalue weighted by Crippen LogP contribution is 2.27. The first kappa shape index (κ1) is 60.9. The molecule has 0 fully saturated rings. The van der Waals surface area contributed by atoms with E-state index in [1.807, 2.05) is 231 Å². The lowest BCUT2D eigenvalue weighted by molar-refractivity contribution is 0.286. The van der Waals surface area contributed by atoms with Crippen molar-refractivity contribution in [1.29, 1.82) is 0 Å². The van der Waals surface area contributed by atoms with Crippen LogP contribution in [0.15, 0.2) is 255 Å². The molecule has 0 spiro atoms. The van der Waals surface area contributed by atoms with Crippen molar-refractivity contribution in [2.75, 3.05) is 0 Å². The van der Waals surface area contributed by atoms with Gasteiger partial charge in [0, 0.05) is 39.4 Å². The topological polar surface area (TPSA) is 267 Å². The second kappa shape index (κ2) is 30.7. The Morgan fingerprint density at radius 3 is 0.968 bits per heavy atom. The van der Waals surface area contributed by atoms with Gasteiger partial charge >= 0.3 is 0 Å². The molecule has 468 valence electrons. The Morgan fingerprint density at radius 2 is 0.579 bits per heavy atom. The number of fused-ring (bicyclic) bond motifs is 3. The predicted molar refractivity (Wildman–Crippen MR) is 355 cm³/mol. The minimum Gasteiger partial charge on any atom is -0.489 e. The highest BCUT2D eigenvalue weighted by Gasteiger charge is 2.10. The molecule has 9 aromatic carbocycles. The number of para-hydroxylation sites is 3. The standard InChI is InChI=1S/C25H21N5O3.2C24H19N5O2/c1-2-7-24-19(4-1)10-11-20(26-24)16-32-23-6-3-5-22(14-23)31-15-18-8-12-21(13-9-18)33-17-25-27-29-30-28-25;1-2-7-23-18(4-1)12-13-20(25-23)16-31-22-6-3-5-21(14-22)30-15-17-8-10-19(11-9-17)24-26-28-29-27-24;1-2-4-23-18(3-1)7-10-20(25-23)16-31-21-11-5-17(6-12-21)15-30-22-13-8-19(9-14-22)24-26-28-29-27-24/h1-14H,15-17H2,(H,27,28,29,30);2*1-14H,15-16H2,(H,26,27,28,29). The molecule has 0 radical (unpaired) electrons. The largest absolute Gasteiger partial charge is 0.489 e. The van der Waals surface area contributed by atoms with Gasteiger partial charge in [0.25, 0.3) is 0 Å². The van der Waals surface area contributed by atoms with Gasteiger partial charge in [0.15, 0.2) is 6.61 Å². The van der Waals surface area contributed by atoms with Crippen molar-refractivity contribution in [3.8, 4) is 63.0 Å². The van der Waals surface area contributed by atoms with Crippen LogP contribution < -0.4 is 33.2 Å². The molecule has 0 saturated heterocycles. The van der Waals surface area contributed by atoms with E-state index in [2.05, 4.69) is 101 Å². The lowest BCUT2D eigenvalue weighted by Gasteiger charge is -2.10. The van der Waals surface area contributed by atoms with Crippen molar-refractivity contribution in [1.82, 2.24) is 76.8 Å². The van der Waals surface area contributed by atoms with Crippen molar-refractivity contribution in [3.63, 3.8) is 0 Å². The fourth-order valence-corrected chi connectivity index (χ4v) is 9.62. The maximum atomic E-state index is 5.93. The molecule has 15 rings (SSSR count). The number of rotatable bonds is 23. The molecule has 22 nitrogen and oxygen atoms in total. The molecule has 95 heavy (non-hydrogen) atoms. The zero-order valence-corrected chi connectivity index (χ0v) is 50.9. The number of hydrogen-bond acceptors (Lipinski definition) is 19. The van der Waals surface area contributed by atoms with Crippen LogP contribution in [0, 0.1) is 0 Å². The number of aromatic amines is 3. The van der Waals surface area contributed by atoms with Crippen LogP contribution in [0.4, 0.5) is 0 Å². The number of nitrogens with one attached hydrogen (secondary N) is 3. The number of pyridine rings is 3. The third-order valence-electron chi connectivity index (χ3n) is 14.6. The summed E-state index contributed by atoms with van der Waals surface area (Å²) < 4.78 is 41.1. The lowest BCUT2D eigenvalue weighted by atomic mass is 10.1. The number of ether oxygens (including phenoxy) is 7. The van der Waals surface area contributed by atoms with E-state index in [4.69, 9.17) is 33.2 Å². The summed E-state index contributed by atoms with van der Waals surface area (Å²) in [6, 6.07) is 82.5. The molecule has 0 aliphatic heterocycles. The zero-order chi connectivity index (χ0) is 64.1. The van der Waals surface area contributed by atoms with Gasteiger partial charge in [0.05, 0.1) is 33.6 Å². The number of H-pyrrole nitrogens is 3. The van der Waals surface area contributed by atoms with Crippen LogP contribution in [0.25, 0.3) is 55.5 Å². The van der Waals surface area contributed by atoms with Gasteiger partial charge in [-0.05, 0) is 136 Å². The quantitative estimate of drug-likeness (QED) is 0.0537. The Labute approximate surface area is 543 Å². The van der Waals surface area contributed by atoms with Gasteiger partial charge in [-0.2, -0.15) is 15.6 Å². The molecule has 0 unspecified atom stereocenters. The van der Waals surface area contributed by atoms with Crippen LogP contribution in [-0.2, 0) is 46.2 Å². The first-order chi connectivity index (χ1) is 47.0. The van der Waals surface area contributed by atoms with Gasteiger partial charge < -0.3 is 33.2 Å². The third kappa shape index (κ3) is 17.3. The van der Waals surface area contributed by atoms with Crippen molar-refractivity contribution >= 4 is 32.7 Å². The average molecular weight is 1260 g/mol. The smallest absolute Gasteiger partial charge is 0.211 e. The maximum absolute atomic E-state index is 5.93. The summed E-state index contributed by atoms with van der Waals surface area (Å²) in [6.45, 7) is 2.81. The summed E-state index contributed by atoms with van der Waals surface area (Å²) in [5.74, 6) is 6.86. The first-order valence-corrected chi connectivity index (χ1v) is 30.2. The molecule has 6 aromatic heterocycles. The molecule has 3 N–H and O–H groups in total. The predicted octanol–water partition coefficient (Wildman–Crippen LogP) is 13.6. The second-order valence-electron chi connectivity index (χ2n) is 21.3. The summed E-state index contributed by atoms with van der Waals surface area (Å²) in [5, 5.41) is 44.9. The van der Waals surface area contributed by atoms with E-state index >= 15 is 0 Å². The van der Waals surface area contributed by atoms with E-state index in [0.29, 0.717) is 57.1 Å². The van der Waals surface area contributed by atoms with E-state index < -0.39 is 0 Å². The van der Waals surface area contributed by atoms with Crippen LogP contribution in [0.2, 0.25) is 0 Å². The fourth-order valence-electron chi connectivity index (χ4n) is 9.62. The summed E-state index contributed by atoms with van der Waals surface area (Å²) >= 11 is 0. The van der Waals surface area contributed by atoms with Gasteiger partial charge in [-0.3, -0.25) is 0 Å². The van der Waals surface area contributed by atoms with Crippen molar-refractivity contribution in [3.05, 3.63) is 294 Å². The molecule has 15 aromatic rings. The Bertz CT molecular complexity index is 4860. The van der Waals surface area contributed by atoms with Crippen LogP contribution in [0.1, 0.15) is 39.6 Å². The van der Waals surface area contributed by atoms with Crippen LogP contribution in [-0.4, -0.2) is 76.8 Å². The summed E-state index contributed by atoms with van der Waals surface area (Å²) in [6.07, 6.45) is 0. The van der Waals surface area contributed by atoms with Gasteiger partial charge in [-0.1, -0.05) is 139 Å². The number of aromatic nitrogens is 15. The monoisotopic (exact) mass is 1260 g/mol. The molecule has 22 heteroatoms. The average Bonchev–Trinajstić information content (AvgIpc) is 4.30. The van der Waals surface area contributed by atoms with Crippen molar-refractivity contribution in [2.24, 2.45) is 0 Å². The Hall–Kier alpha value is -13.0. The molecule has 0 aliphatic rings. The van der Waals surface area contributed by atoms with Crippen LogP contribution in [0.5, 0.6) is 40.2 Å². The molecule has 0 amide bonds. The SMILES string of the molecule is c1cc(OCc2ccc(-c3nn[nH]n3)cc2)cc(OCc2ccc3ccccc3n2)c1.c1cc(OCc2ccc(OCc3nn[nH]n3)cc2)cc(OCc2ccc3ccccc3n2)c1.c1ccc2nc(COc3ccc(COc4ccc(-c5nn[nH]n5)cc4)cc3)ccc2c1. The Balaban J connectivity index is 0.000000129. The van der Waals surface area contributed by atoms with Gasteiger partial charge in [0.1, 0.15) is 79.9 Å². The molecule has 0 saturated carbocycles. The molecular weight excluding hydrogens is 1200 g/mol. The van der Waals surface area contributed by atoms with Crippen molar-refractivity contribution in [2.45, 2.75) is 46.2 Å². The zero-order valence-electron chi connectivity index (χ0n) is 50.9. The molecule has 0 atom stereocenters. The van der Waals surface area contributed by atoms with E-state index in [1.165, 1.54) is 0 Å². The molecule has 0 aliphatic carbocycles. The van der Waals surface area contributed by atoms with E-state index in [1.54, 1.807) is 0 Å². The minimum absolute atomic E-state index is 0.258. The van der Waals surface area contributed by atoms with Gasteiger partial charge in [0.2, 0.25) is 17.5 Å². The van der Waals surface area contributed by atoms with Gasteiger partial charge in [-0.25, -0.2) is 15.0 Å². The Kier molecular flexibility index (Phi) is 19.7. The van der Waals surface area contributed by atoms with E-state index in [-0.39, 0.29) is 6.61 Å². The summed E-state index contributed by atoms with van der Waals surface area (Å²) in [5.41, 5.74) is 10.4. The Morgan fingerprint density at radius 1 is 0.253 bits per heavy atom. The highest BCUT2D eigenvalue weighted by atomic mass is 16.5. The number of hydrogen-bond donors (Lipinski definition) is 3. The highest BCUT2D eigenvalue weighted by molar-refractivity contribution is 5.80. The van der Waals surface area contributed by atoms with Crippen LogP contribution >= 0.6 is 0 Å². The maximum Gasteiger partial charge on any atom is 0.211 e. The number of nitrogens with zero attached hydrogens (tertiary/aromatic N) is 12. The van der Waals surface area contributed by atoms with E-state index in [0.717, 1.165) is 118 Å². The molecule has 6 heterocycles. The summed E-state index contributed by atoms with van der Waals surface area (Å²) in [7, 11) is 0. The summed E-state index contributed by atoms with van der Waals surface area (Å²) in [4.78, 5) is 13.9. The fraction of sp³-hybridized carbons (Fsp3) is 0.0959. The second-order valence-corrected chi connectivity index (χ2v) is 21.3. The normalized spacial score (nSPS) is 10.8. The first-order valence-electron chi connectivity index (χ1n) is 30.2. The van der Waals surface area contributed by atoms with Crippen LogP contribution in [0.3, 0.4) is 0 Å². The van der Waals surface area contributed by atoms with Crippen molar-refractivity contribution < 1.29 is 33.2 Å². The molecule has 0 bridgehead atoms. The number of benzene rings is 9. The molecular formula is C73H59N15O7. The third-order valence-corrected chi connectivity index (χ3v) is 14.6. The van der Waals surface area contributed by atoms with Gasteiger partial charge in [-0.15, -0.1) is 30.6 Å². The minimum atomic E-state index is 0.258.